The van der Waals surface area contributed by atoms with E-state index in [-0.39, 0.29) is 18.4 Å². The third kappa shape index (κ3) is 2.76. The first-order valence-electron chi connectivity index (χ1n) is 6.27. The van der Waals surface area contributed by atoms with Gasteiger partial charge in [-0.1, -0.05) is 11.6 Å². The van der Waals surface area contributed by atoms with Crippen LogP contribution in [0.1, 0.15) is 19.5 Å². The Morgan fingerprint density at radius 3 is 2.80 bits per heavy atom. The number of pyridine rings is 1. The lowest BCUT2D eigenvalue weighted by atomic mass is 9.98. The van der Waals surface area contributed by atoms with E-state index in [0.717, 1.165) is 0 Å². The summed E-state index contributed by atoms with van der Waals surface area (Å²) in [6.45, 7) is 4.01. The fourth-order valence-electron chi connectivity index (χ4n) is 2.00. The van der Waals surface area contributed by atoms with Gasteiger partial charge in [0.05, 0.1) is 22.8 Å². The smallest absolute Gasteiger partial charge is 0.246 e. The molecule has 2 amide bonds. The average Bonchev–Trinajstić information content (AvgIpc) is 2.38. The number of imide groups is 1. The molecule has 0 unspecified atom stereocenters. The Hall–Kier alpha value is -1.66. The first-order chi connectivity index (χ1) is 9.34. The SMILES string of the molecule is CNc1ccc(Cl)c(CN2CC(=O)NC(=O)C2(C)C)n1. The number of amides is 2. The second-order valence-electron chi connectivity index (χ2n) is 5.17. The molecule has 0 aliphatic carbocycles. The predicted octanol–water partition coefficient (Wildman–Crippen LogP) is 1.01. The van der Waals surface area contributed by atoms with Gasteiger partial charge in [-0.25, -0.2) is 4.98 Å². The van der Waals surface area contributed by atoms with Crippen molar-refractivity contribution in [3.8, 4) is 0 Å². The van der Waals surface area contributed by atoms with E-state index in [1.165, 1.54) is 0 Å². The molecule has 2 heterocycles. The summed E-state index contributed by atoms with van der Waals surface area (Å²) in [6, 6.07) is 3.51. The van der Waals surface area contributed by atoms with Crippen LogP contribution in [-0.2, 0) is 16.1 Å². The number of carbonyl (C=O) groups excluding carboxylic acids is 2. The Balaban J connectivity index is 2.28. The van der Waals surface area contributed by atoms with E-state index >= 15 is 0 Å². The summed E-state index contributed by atoms with van der Waals surface area (Å²) in [7, 11) is 1.77. The Morgan fingerprint density at radius 1 is 1.45 bits per heavy atom. The van der Waals surface area contributed by atoms with E-state index in [1.54, 1.807) is 37.9 Å². The molecule has 1 aliphatic rings. The number of nitrogens with one attached hydrogen (secondary N) is 2. The van der Waals surface area contributed by atoms with Crippen molar-refractivity contribution in [2.24, 2.45) is 0 Å². The van der Waals surface area contributed by atoms with Crippen LogP contribution in [0.2, 0.25) is 5.02 Å². The highest BCUT2D eigenvalue weighted by molar-refractivity contribution is 6.31. The summed E-state index contributed by atoms with van der Waals surface area (Å²) in [5.41, 5.74) is -0.150. The molecule has 1 saturated heterocycles. The number of rotatable bonds is 3. The van der Waals surface area contributed by atoms with E-state index in [2.05, 4.69) is 15.6 Å². The normalized spacial score (nSPS) is 18.8. The van der Waals surface area contributed by atoms with E-state index in [4.69, 9.17) is 11.6 Å². The van der Waals surface area contributed by atoms with Crippen molar-refractivity contribution >= 4 is 29.2 Å². The van der Waals surface area contributed by atoms with E-state index in [9.17, 15) is 9.59 Å². The predicted molar refractivity (Wildman–Crippen MR) is 76.4 cm³/mol. The average molecular weight is 297 g/mol. The maximum absolute atomic E-state index is 11.9. The van der Waals surface area contributed by atoms with Gasteiger partial charge in [-0.2, -0.15) is 0 Å². The molecule has 0 radical (unpaired) electrons. The minimum atomic E-state index is -0.783. The fourth-order valence-corrected chi connectivity index (χ4v) is 2.17. The molecule has 0 aromatic carbocycles. The third-order valence-corrected chi connectivity index (χ3v) is 3.79. The van der Waals surface area contributed by atoms with Crippen LogP contribution in [0.25, 0.3) is 0 Å². The molecule has 6 nitrogen and oxygen atoms in total. The lowest BCUT2D eigenvalue weighted by Crippen LogP contribution is -2.63. The summed E-state index contributed by atoms with van der Waals surface area (Å²) < 4.78 is 0. The van der Waals surface area contributed by atoms with Crippen LogP contribution in [-0.4, -0.2) is 40.8 Å². The molecule has 1 aliphatic heterocycles. The fraction of sp³-hybridized carbons (Fsp3) is 0.462. The summed E-state index contributed by atoms with van der Waals surface area (Å²) in [5, 5.41) is 5.79. The molecule has 0 atom stereocenters. The van der Waals surface area contributed by atoms with Gasteiger partial charge in [-0.15, -0.1) is 0 Å². The number of anilines is 1. The first-order valence-corrected chi connectivity index (χ1v) is 6.65. The number of halogens is 1. The minimum Gasteiger partial charge on any atom is -0.373 e. The van der Waals surface area contributed by atoms with Crippen molar-refractivity contribution < 1.29 is 9.59 Å². The zero-order valence-electron chi connectivity index (χ0n) is 11.7. The summed E-state index contributed by atoms with van der Waals surface area (Å²) >= 11 is 6.14. The molecule has 20 heavy (non-hydrogen) atoms. The highest BCUT2D eigenvalue weighted by Crippen LogP contribution is 2.24. The van der Waals surface area contributed by atoms with Crippen LogP contribution in [0.15, 0.2) is 12.1 Å². The molecule has 0 bridgehead atoms. The molecule has 1 aromatic rings. The highest BCUT2D eigenvalue weighted by atomic mass is 35.5. The van der Waals surface area contributed by atoms with Gasteiger partial charge in [0.1, 0.15) is 5.82 Å². The van der Waals surface area contributed by atoms with Gasteiger partial charge in [0.25, 0.3) is 0 Å². The van der Waals surface area contributed by atoms with Gasteiger partial charge < -0.3 is 5.32 Å². The minimum absolute atomic E-state index is 0.139. The maximum atomic E-state index is 11.9. The van der Waals surface area contributed by atoms with Crippen molar-refractivity contribution in [1.29, 1.82) is 0 Å². The van der Waals surface area contributed by atoms with Crippen LogP contribution < -0.4 is 10.6 Å². The van der Waals surface area contributed by atoms with Crippen molar-refractivity contribution in [3.63, 3.8) is 0 Å². The Bertz CT molecular complexity index is 559. The maximum Gasteiger partial charge on any atom is 0.246 e. The van der Waals surface area contributed by atoms with Gasteiger partial charge >= 0.3 is 0 Å². The Morgan fingerprint density at radius 2 is 2.15 bits per heavy atom. The van der Waals surface area contributed by atoms with Gasteiger partial charge in [0.2, 0.25) is 11.8 Å². The standard InChI is InChI=1S/C13H17ClN4O2/c1-13(2)12(20)17-11(19)7-18(13)6-9-8(14)4-5-10(15-3)16-9/h4-5H,6-7H2,1-3H3,(H,15,16)(H,17,19,20). The molecule has 1 aromatic heterocycles. The van der Waals surface area contributed by atoms with Crippen molar-refractivity contribution in [2.45, 2.75) is 25.9 Å². The van der Waals surface area contributed by atoms with E-state index < -0.39 is 5.54 Å². The Labute approximate surface area is 122 Å². The van der Waals surface area contributed by atoms with Crippen molar-refractivity contribution in [1.82, 2.24) is 15.2 Å². The summed E-state index contributed by atoms with van der Waals surface area (Å²) in [4.78, 5) is 29.6. The van der Waals surface area contributed by atoms with E-state index in [1.807, 2.05) is 0 Å². The highest BCUT2D eigenvalue weighted by Gasteiger charge is 2.41. The van der Waals surface area contributed by atoms with Crippen LogP contribution in [0, 0.1) is 0 Å². The molecule has 7 heteroatoms. The number of nitrogens with zero attached hydrogens (tertiary/aromatic N) is 2. The molecule has 1 fully saturated rings. The molecule has 2 N–H and O–H groups in total. The zero-order chi connectivity index (χ0) is 14.9. The molecular formula is C13H17ClN4O2. The molecule has 0 spiro atoms. The van der Waals surface area contributed by atoms with Gasteiger partial charge in [-0.3, -0.25) is 19.8 Å². The second kappa shape index (κ2) is 5.38. The van der Waals surface area contributed by atoms with Gasteiger partial charge in [0, 0.05) is 13.6 Å². The number of piperazine rings is 1. The monoisotopic (exact) mass is 296 g/mol. The third-order valence-electron chi connectivity index (χ3n) is 3.45. The van der Waals surface area contributed by atoms with Crippen molar-refractivity contribution in [3.05, 3.63) is 22.8 Å². The molecule has 108 valence electrons. The first kappa shape index (κ1) is 14.7. The number of hydrogen-bond acceptors (Lipinski definition) is 5. The quantitative estimate of drug-likeness (QED) is 0.815. The van der Waals surface area contributed by atoms with Crippen LogP contribution >= 0.6 is 11.6 Å². The topological polar surface area (TPSA) is 74.3 Å². The summed E-state index contributed by atoms with van der Waals surface area (Å²) in [5.74, 6) is 0.0693. The molecule has 0 saturated carbocycles. The largest absolute Gasteiger partial charge is 0.373 e. The van der Waals surface area contributed by atoms with E-state index in [0.29, 0.717) is 23.1 Å². The van der Waals surface area contributed by atoms with Crippen molar-refractivity contribution in [2.75, 3.05) is 18.9 Å². The van der Waals surface area contributed by atoms with Crippen LogP contribution in [0.4, 0.5) is 5.82 Å². The lowest BCUT2D eigenvalue weighted by molar-refractivity contribution is -0.145. The van der Waals surface area contributed by atoms with Crippen LogP contribution in [0.3, 0.4) is 0 Å². The summed E-state index contributed by atoms with van der Waals surface area (Å²) in [6.07, 6.45) is 0. The Kier molecular flexibility index (Phi) is 3.96. The number of hydrogen-bond donors (Lipinski definition) is 2. The lowest BCUT2D eigenvalue weighted by Gasteiger charge is -2.39. The van der Waals surface area contributed by atoms with Crippen LogP contribution in [0.5, 0.6) is 0 Å². The molecular weight excluding hydrogens is 280 g/mol. The van der Waals surface area contributed by atoms with Gasteiger partial charge in [-0.05, 0) is 26.0 Å². The zero-order valence-corrected chi connectivity index (χ0v) is 12.4. The van der Waals surface area contributed by atoms with Gasteiger partial charge in [0.15, 0.2) is 0 Å². The number of aromatic nitrogens is 1. The second-order valence-corrected chi connectivity index (χ2v) is 5.57. The molecule has 2 rings (SSSR count). The number of carbonyl (C=O) groups is 2.